The van der Waals surface area contributed by atoms with E-state index in [2.05, 4.69) is 0 Å². The Labute approximate surface area is 190 Å². The number of amides is 2. The summed E-state index contributed by atoms with van der Waals surface area (Å²) >= 11 is 7.46. The van der Waals surface area contributed by atoms with Gasteiger partial charge >= 0.3 is 0 Å². The van der Waals surface area contributed by atoms with Crippen molar-refractivity contribution < 1.29 is 14.3 Å². The highest BCUT2D eigenvalue weighted by molar-refractivity contribution is 8.03. The first-order valence-electron chi connectivity index (χ1n) is 9.70. The van der Waals surface area contributed by atoms with Gasteiger partial charge in [-0.15, -0.1) is 11.8 Å². The molecule has 0 aromatic heterocycles. The van der Waals surface area contributed by atoms with Crippen LogP contribution in [0.1, 0.15) is 16.7 Å². The number of anilines is 1. The molecular formula is C25H20ClNO3S. The van der Waals surface area contributed by atoms with Crippen molar-refractivity contribution in [3.63, 3.8) is 0 Å². The monoisotopic (exact) mass is 449 g/mol. The van der Waals surface area contributed by atoms with E-state index in [0.717, 1.165) is 11.1 Å². The molecule has 3 aromatic rings. The van der Waals surface area contributed by atoms with Crippen molar-refractivity contribution in [2.45, 2.75) is 12.7 Å². The van der Waals surface area contributed by atoms with Gasteiger partial charge in [0.05, 0.1) is 23.3 Å². The Kier molecular flexibility index (Phi) is 6.16. The van der Waals surface area contributed by atoms with E-state index < -0.39 is 0 Å². The summed E-state index contributed by atoms with van der Waals surface area (Å²) < 4.78 is 5.23. The third-order valence-electron chi connectivity index (χ3n) is 5.05. The van der Waals surface area contributed by atoms with Crippen molar-refractivity contribution >= 4 is 46.4 Å². The van der Waals surface area contributed by atoms with Crippen LogP contribution in [0.3, 0.4) is 0 Å². The second-order valence-corrected chi connectivity index (χ2v) is 8.51. The number of nitrogens with zero attached hydrogens (tertiary/aromatic N) is 1. The van der Waals surface area contributed by atoms with E-state index in [1.165, 1.54) is 16.7 Å². The number of aryl methyl sites for hydroxylation is 1. The quantitative estimate of drug-likeness (QED) is 0.441. The van der Waals surface area contributed by atoms with Gasteiger partial charge in [-0.1, -0.05) is 54.1 Å². The van der Waals surface area contributed by atoms with Gasteiger partial charge in [0.2, 0.25) is 0 Å². The molecule has 156 valence electrons. The standard InChI is InChI=1S/C25H20ClNO3S/c1-16-14-19(26)10-13-21(16)27-24(28)22(18-8-11-20(30-2)12-9-18)23(25(27)29)31-15-17-6-4-3-5-7-17/h3-14H,15H2,1-2H3. The van der Waals surface area contributed by atoms with Crippen LogP contribution in [0, 0.1) is 6.92 Å². The number of imide groups is 1. The number of carbonyl (C=O) groups excluding carboxylic acids is 2. The minimum atomic E-state index is -0.337. The van der Waals surface area contributed by atoms with Crippen LogP contribution in [-0.2, 0) is 15.3 Å². The van der Waals surface area contributed by atoms with Crippen molar-refractivity contribution in [2.75, 3.05) is 12.0 Å². The van der Waals surface area contributed by atoms with Gasteiger partial charge in [-0.3, -0.25) is 9.59 Å². The second kappa shape index (κ2) is 9.00. The van der Waals surface area contributed by atoms with Crippen LogP contribution >= 0.6 is 23.4 Å². The normalized spacial score (nSPS) is 13.8. The Morgan fingerprint density at radius 2 is 1.65 bits per heavy atom. The number of benzene rings is 3. The van der Waals surface area contributed by atoms with Crippen molar-refractivity contribution in [2.24, 2.45) is 0 Å². The number of ether oxygens (including phenoxy) is 1. The van der Waals surface area contributed by atoms with Gasteiger partial charge in [0.25, 0.3) is 11.8 Å². The van der Waals surface area contributed by atoms with E-state index in [1.807, 2.05) is 37.3 Å². The molecule has 0 saturated heterocycles. The van der Waals surface area contributed by atoms with Crippen LogP contribution in [0.4, 0.5) is 5.69 Å². The van der Waals surface area contributed by atoms with Crippen LogP contribution in [0.5, 0.6) is 5.75 Å². The van der Waals surface area contributed by atoms with Gasteiger partial charge in [-0.25, -0.2) is 4.90 Å². The van der Waals surface area contributed by atoms with Crippen LogP contribution in [0.2, 0.25) is 5.02 Å². The molecule has 6 heteroatoms. The highest BCUT2D eigenvalue weighted by Crippen LogP contribution is 2.41. The number of hydrogen-bond donors (Lipinski definition) is 0. The fraction of sp³-hybridized carbons (Fsp3) is 0.120. The lowest BCUT2D eigenvalue weighted by Gasteiger charge is -2.18. The minimum absolute atomic E-state index is 0.317. The minimum Gasteiger partial charge on any atom is -0.497 e. The van der Waals surface area contributed by atoms with E-state index in [1.54, 1.807) is 49.6 Å². The number of carbonyl (C=O) groups is 2. The zero-order valence-corrected chi connectivity index (χ0v) is 18.7. The Bertz CT molecular complexity index is 1170. The molecule has 31 heavy (non-hydrogen) atoms. The summed E-state index contributed by atoms with van der Waals surface area (Å²) in [6.45, 7) is 1.84. The van der Waals surface area contributed by atoms with Crippen LogP contribution < -0.4 is 9.64 Å². The Balaban J connectivity index is 1.76. The highest BCUT2D eigenvalue weighted by atomic mass is 35.5. The Morgan fingerprint density at radius 1 is 0.935 bits per heavy atom. The smallest absolute Gasteiger partial charge is 0.272 e. The molecule has 0 spiro atoms. The SMILES string of the molecule is COc1ccc(C2=C(SCc3ccccc3)C(=O)N(c3ccc(Cl)cc3C)C2=O)cc1. The molecule has 0 fully saturated rings. The van der Waals surface area contributed by atoms with Crippen molar-refractivity contribution in [3.05, 3.63) is 99.4 Å². The van der Waals surface area contributed by atoms with E-state index in [4.69, 9.17) is 16.3 Å². The maximum atomic E-state index is 13.5. The second-order valence-electron chi connectivity index (χ2n) is 7.08. The molecule has 0 bridgehead atoms. The predicted octanol–water partition coefficient (Wildman–Crippen LogP) is 5.87. The van der Waals surface area contributed by atoms with Crippen LogP contribution in [0.25, 0.3) is 5.57 Å². The molecule has 0 saturated carbocycles. The third kappa shape index (κ3) is 4.24. The predicted molar refractivity (Wildman–Crippen MR) is 126 cm³/mol. The molecule has 0 radical (unpaired) electrons. The molecule has 1 aliphatic heterocycles. The fourth-order valence-corrected chi connectivity index (χ4v) is 4.77. The summed E-state index contributed by atoms with van der Waals surface area (Å²) in [5.41, 5.74) is 3.47. The number of rotatable bonds is 6. The zero-order chi connectivity index (χ0) is 22.0. The molecule has 4 nitrogen and oxygen atoms in total. The molecular weight excluding hydrogens is 430 g/mol. The first-order chi connectivity index (χ1) is 15.0. The maximum absolute atomic E-state index is 13.5. The molecule has 0 atom stereocenters. The van der Waals surface area contributed by atoms with E-state index in [0.29, 0.717) is 38.3 Å². The summed E-state index contributed by atoms with van der Waals surface area (Å²) in [6, 6.07) is 22.2. The lowest BCUT2D eigenvalue weighted by Crippen LogP contribution is -2.31. The lowest BCUT2D eigenvalue weighted by atomic mass is 10.1. The summed E-state index contributed by atoms with van der Waals surface area (Å²) in [6.07, 6.45) is 0. The molecule has 3 aromatic carbocycles. The Morgan fingerprint density at radius 3 is 2.29 bits per heavy atom. The Hall–Kier alpha value is -3.02. The first-order valence-corrected chi connectivity index (χ1v) is 11.1. The molecule has 1 heterocycles. The van der Waals surface area contributed by atoms with E-state index in [-0.39, 0.29) is 11.8 Å². The van der Waals surface area contributed by atoms with Crippen molar-refractivity contribution in [1.29, 1.82) is 0 Å². The number of hydrogen-bond acceptors (Lipinski definition) is 4. The summed E-state index contributed by atoms with van der Waals surface area (Å²) in [4.78, 5) is 28.6. The molecule has 0 aliphatic carbocycles. The number of methoxy groups -OCH3 is 1. The lowest BCUT2D eigenvalue weighted by molar-refractivity contribution is -0.119. The average molecular weight is 450 g/mol. The summed E-state index contributed by atoms with van der Waals surface area (Å²) in [5, 5.41) is 0.558. The third-order valence-corrected chi connectivity index (χ3v) is 6.43. The van der Waals surface area contributed by atoms with Crippen LogP contribution in [-0.4, -0.2) is 18.9 Å². The van der Waals surface area contributed by atoms with Gasteiger partial charge in [0, 0.05) is 10.8 Å². The van der Waals surface area contributed by atoms with Crippen molar-refractivity contribution in [3.8, 4) is 5.75 Å². The first kappa shape index (κ1) is 21.2. The molecule has 0 N–H and O–H groups in total. The number of thioether (sulfide) groups is 1. The molecule has 4 rings (SSSR count). The average Bonchev–Trinajstić information content (AvgIpc) is 3.03. The zero-order valence-electron chi connectivity index (χ0n) is 17.1. The highest BCUT2D eigenvalue weighted by Gasteiger charge is 2.40. The molecule has 0 unspecified atom stereocenters. The van der Waals surface area contributed by atoms with Crippen molar-refractivity contribution in [1.82, 2.24) is 0 Å². The van der Waals surface area contributed by atoms with Gasteiger partial charge in [0.1, 0.15) is 5.75 Å². The van der Waals surface area contributed by atoms with E-state index >= 15 is 0 Å². The number of halogens is 1. The molecule has 1 aliphatic rings. The van der Waals surface area contributed by atoms with Crippen LogP contribution in [0.15, 0.2) is 77.7 Å². The largest absolute Gasteiger partial charge is 0.497 e. The fourth-order valence-electron chi connectivity index (χ4n) is 3.47. The summed E-state index contributed by atoms with van der Waals surface area (Å²) in [5.74, 6) is 0.616. The topological polar surface area (TPSA) is 46.6 Å². The van der Waals surface area contributed by atoms with Gasteiger partial charge in [0.15, 0.2) is 0 Å². The van der Waals surface area contributed by atoms with Gasteiger partial charge in [-0.2, -0.15) is 0 Å². The van der Waals surface area contributed by atoms with Gasteiger partial charge in [-0.05, 0) is 53.9 Å². The van der Waals surface area contributed by atoms with Gasteiger partial charge < -0.3 is 4.74 Å². The summed E-state index contributed by atoms with van der Waals surface area (Å²) in [7, 11) is 1.59. The molecule has 2 amide bonds. The maximum Gasteiger partial charge on any atom is 0.272 e. The van der Waals surface area contributed by atoms with E-state index in [9.17, 15) is 9.59 Å².